The van der Waals surface area contributed by atoms with Gasteiger partial charge in [-0.25, -0.2) is 4.98 Å². The van der Waals surface area contributed by atoms with E-state index in [4.69, 9.17) is 17.3 Å². The molecule has 0 aromatic carbocycles. The van der Waals surface area contributed by atoms with E-state index in [-0.39, 0.29) is 0 Å². The third-order valence-corrected chi connectivity index (χ3v) is 3.00. The average molecular weight is 307 g/mol. The smallest absolute Gasteiger partial charge is 0.147 e. The number of hydrogen-bond acceptors (Lipinski definition) is 3. The molecule has 5 heteroatoms. The molecule has 1 heterocycles. The molecular formula is C11H17BrClN3. The molecule has 0 atom stereocenters. The van der Waals surface area contributed by atoms with Crippen LogP contribution in [0.5, 0.6) is 0 Å². The molecule has 1 aromatic rings. The van der Waals surface area contributed by atoms with E-state index in [1.165, 1.54) is 0 Å². The number of nitrogens with two attached hydrogens (primary N) is 1. The summed E-state index contributed by atoms with van der Waals surface area (Å²) in [6.45, 7) is 5.80. The van der Waals surface area contributed by atoms with Crippen molar-refractivity contribution in [2.75, 3.05) is 18.0 Å². The van der Waals surface area contributed by atoms with Gasteiger partial charge < -0.3 is 10.6 Å². The van der Waals surface area contributed by atoms with Gasteiger partial charge in [0.2, 0.25) is 0 Å². The highest BCUT2D eigenvalue weighted by Gasteiger charge is 2.14. The topological polar surface area (TPSA) is 42.1 Å². The first kappa shape index (κ1) is 13.7. The number of halogens is 2. The number of anilines is 1. The van der Waals surface area contributed by atoms with Crippen molar-refractivity contribution in [3.8, 4) is 0 Å². The monoisotopic (exact) mass is 305 g/mol. The molecule has 0 unspecified atom stereocenters. The van der Waals surface area contributed by atoms with E-state index >= 15 is 0 Å². The van der Waals surface area contributed by atoms with Crippen molar-refractivity contribution in [2.45, 2.75) is 26.3 Å². The zero-order valence-corrected chi connectivity index (χ0v) is 11.9. The van der Waals surface area contributed by atoms with Crippen LogP contribution in [0.15, 0.2) is 16.7 Å². The van der Waals surface area contributed by atoms with Crippen LogP contribution in [0.4, 0.5) is 5.82 Å². The van der Waals surface area contributed by atoms with E-state index < -0.39 is 0 Å². The third kappa shape index (κ3) is 3.61. The average Bonchev–Trinajstić information content (AvgIpc) is 2.20. The van der Waals surface area contributed by atoms with Crippen molar-refractivity contribution in [1.29, 1.82) is 0 Å². The zero-order valence-electron chi connectivity index (χ0n) is 9.58. The van der Waals surface area contributed by atoms with Crippen LogP contribution in [-0.2, 0) is 0 Å². The maximum Gasteiger partial charge on any atom is 0.147 e. The van der Waals surface area contributed by atoms with Gasteiger partial charge in [-0.05, 0) is 48.8 Å². The molecular weight excluding hydrogens is 289 g/mol. The molecule has 0 aliphatic rings. The summed E-state index contributed by atoms with van der Waals surface area (Å²) in [4.78, 5) is 6.53. The van der Waals surface area contributed by atoms with Crippen LogP contribution in [0.1, 0.15) is 20.3 Å². The molecule has 1 rings (SSSR count). The molecule has 0 bridgehead atoms. The fraction of sp³-hybridized carbons (Fsp3) is 0.545. The molecule has 0 spiro atoms. The molecule has 0 radical (unpaired) electrons. The first-order chi connectivity index (χ1) is 7.56. The Morgan fingerprint density at radius 3 is 2.75 bits per heavy atom. The molecule has 3 nitrogen and oxygen atoms in total. The zero-order chi connectivity index (χ0) is 12.1. The molecule has 16 heavy (non-hydrogen) atoms. The predicted molar refractivity (Wildman–Crippen MR) is 73.1 cm³/mol. The van der Waals surface area contributed by atoms with Crippen LogP contribution in [0, 0.1) is 0 Å². The quantitative estimate of drug-likeness (QED) is 0.909. The lowest BCUT2D eigenvalue weighted by Gasteiger charge is -2.28. The Kier molecular flexibility index (Phi) is 5.52. The van der Waals surface area contributed by atoms with Crippen molar-refractivity contribution >= 4 is 33.3 Å². The minimum Gasteiger partial charge on any atom is -0.353 e. The lowest BCUT2D eigenvalue weighted by Crippen LogP contribution is -2.33. The number of pyridine rings is 1. The molecule has 0 fully saturated rings. The standard InChI is InChI=1S/C11H17BrClN3/c1-8(2)16(5-3-4-14)11-10(13)6-9(12)7-15-11/h6-8H,3-5,14H2,1-2H3. The fourth-order valence-electron chi connectivity index (χ4n) is 1.49. The van der Waals surface area contributed by atoms with Gasteiger partial charge in [-0.2, -0.15) is 0 Å². The van der Waals surface area contributed by atoms with E-state index in [9.17, 15) is 0 Å². The van der Waals surface area contributed by atoms with Gasteiger partial charge in [0.1, 0.15) is 5.82 Å². The van der Waals surface area contributed by atoms with E-state index in [1.807, 2.05) is 6.07 Å². The second-order valence-electron chi connectivity index (χ2n) is 3.89. The summed E-state index contributed by atoms with van der Waals surface area (Å²) in [5, 5.41) is 0.667. The molecule has 0 saturated carbocycles. The van der Waals surface area contributed by atoms with Gasteiger partial charge in [0, 0.05) is 23.3 Å². The highest BCUT2D eigenvalue weighted by Crippen LogP contribution is 2.27. The molecule has 0 aliphatic heterocycles. The van der Waals surface area contributed by atoms with Gasteiger partial charge in [-0.3, -0.25) is 0 Å². The lowest BCUT2D eigenvalue weighted by molar-refractivity contribution is 0.649. The van der Waals surface area contributed by atoms with E-state index in [1.54, 1.807) is 6.20 Å². The summed E-state index contributed by atoms with van der Waals surface area (Å²) in [5.74, 6) is 0.827. The Morgan fingerprint density at radius 1 is 1.56 bits per heavy atom. The summed E-state index contributed by atoms with van der Waals surface area (Å²) >= 11 is 9.53. The number of hydrogen-bond donors (Lipinski definition) is 1. The minimum absolute atomic E-state index is 0.359. The van der Waals surface area contributed by atoms with Crippen molar-refractivity contribution < 1.29 is 0 Å². The molecule has 90 valence electrons. The van der Waals surface area contributed by atoms with Gasteiger partial charge in [0.25, 0.3) is 0 Å². The molecule has 1 aromatic heterocycles. The van der Waals surface area contributed by atoms with Gasteiger partial charge >= 0.3 is 0 Å². The minimum atomic E-state index is 0.359. The van der Waals surface area contributed by atoms with Gasteiger partial charge in [-0.15, -0.1) is 0 Å². The van der Waals surface area contributed by atoms with Crippen molar-refractivity contribution in [3.05, 3.63) is 21.8 Å². The second-order valence-corrected chi connectivity index (χ2v) is 5.21. The first-order valence-electron chi connectivity index (χ1n) is 5.34. The third-order valence-electron chi connectivity index (χ3n) is 2.29. The van der Waals surface area contributed by atoms with Gasteiger partial charge in [0.15, 0.2) is 0 Å². The SMILES string of the molecule is CC(C)N(CCCN)c1ncc(Br)cc1Cl. The summed E-state index contributed by atoms with van der Waals surface area (Å²) in [6, 6.07) is 2.22. The molecule has 0 saturated heterocycles. The highest BCUT2D eigenvalue weighted by atomic mass is 79.9. The summed E-state index contributed by atoms with van der Waals surface area (Å²) in [5.41, 5.74) is 5.53. The second kappa shape index (κ2) is 6.42. The van der Waals surface area contributed by atoms with Gasteiger partial charge in [-0.1, -0.05) is 11.6 Å². The van der Waals surface area contributed by atoms with Crippen LogP contribution in [-0.4, -0.2) is 24.1 Å². The number of aromatic nitrogens is 1. The van der Waals surface area contributed by atoms with Crippen molar-refractivity contribution in [1.82, 2.24) is 4.98 Å². The largest absolute Gasteiger partial charge is 0.353 e. The van der Waals surface area contributed by atoms with Crippen LogP contribution < -0.4 is 10.6 Å². The van der Waals surface area contributed by atoms with E-state index in [2.05, 4.69) is 39.7 Å². The predicted octanol–water partition coefficient (Wildman–Crippen LogP) is 3.06. The summed E-state index contributed by atoms with van der Waals surface area (Å²) < 4.78 is 0.892. The summed E-state index contributed by atoms with van der Waals surface area (Å²) in [6.07, 6.45) is 2.70. The summed E-state index contributed by atoms with van der Waals surface area (Å²) in [7, 11) is 0. The maximum atomic E-state index is 6.18. The van der Waals surface area contributed by atoms with Crippen LogP contribution >= 0.6 is 27.5 Å². The Labute approximate surface area is 110 Å². The van der Waals surface area contributed by atoms with Gasteiger partial charge in [0.05, 0.1) is 5.02 Å². The van der Waals surface area contributed by atoms with Crippen LogP contribution in [0.2, 0.25) is 5.02 Å². The lowest BCUT2D eigenvalue weighted by atomic mass is 10.2. The fourth-order valence-corrected chi connectivity index (χ4v) is 2.23. The Bertz CT molecular complexity index is 344. The molecule has 0 aliphatic carbocycles. The van der Waals surface area contributed by atoms with Crippen LogP contribution in [0.3, 0.4) is 0 Å². The number of rotatable bonds is 5. The van der Waals surface area contributed by atoms with Crippen molar-refractivity contribution in [3.63, 3.8) is 0 Å². The normalized spacial score (nSPS) is 10.9. The number of nitrogens with zero attached hydrogens (tertiary/aromatic N) is 2. The maximum absolute atomic E-state index is 6.18. The van der Waals surface area contributed by atoms with E-state index in [0.29, 0.717) is 17.6 Å². The molecule has 0 amide bonds. The Hall–Kier alpha value is -0.320. The Balaban J connectivity index is 2.92. The molecule has 2 N–H and O–H groups in total. The Morgan fingerprint density at radius 2 is 2.25 bits per heavy atom. The van der Waals surface area contributed by atoms with Crippen LogP contribution in [0.25, 0.3) is 0 Å². The highest BCUT2D eigenvalue weighted by molar-refractivity contribution is 9.10. The van der Waals surface area contributed by atoms with E-state index in [0.717, 1.165) is 23.3 Å². The van der Waals surface area contributed by atoms with Crippen molar-refractivity contribution in [2.24, 2.45) is 5.73 Å². The first-order valence-corrected chi connectivity index (χ1v) is 6.51.